The molecule has 0 bridgehead atoms. The Morgan fingerprint density at radius 1 is 1.36 bits per heavy atom. The lowest BCUT2D eigenvalue weighted by molar-refractivity contribution is -0.132. The number of ether oxygens (including phenoxy) is 1. The van der Waals surface area contributed by atoms with Crippen LogP contribution in [-0.4, -0.2) is 23.6 Å². The monoisotopic (exact) mass is 302 g/mol. The Hall–Kier alpha value is -2.14. The minimum atomic E-state index is -0.445. The van der Waals surface area contributed by atoms with Crippen molar-refractivity contribution in [3.63, 3.8) is 0 Å². The van der Waals surface area contributed by atoms with E-state index in [0.717, 1.165) is 11.1 Å². The molecule has 1 aromatic carbocycles. The lowest BCUT2D eigenvalue weighted by atomic mass is 10.1. The SMILES string of the molecule is CC(C)COC(C)C(=O)NCc1cccc(-c2cnco2)c1. The average Bonchev–Trinajstić information content (AvgIpc) is 3.05. The first-order valence-electron chi connectivity index (χ1n) is 7.43. The first-order valence-corrected chi connectivity index (χ1v) is 7.43. The third-order valence-corrected chi connectivity index (χ3v) is 3.16. The fourth-order valence-electron chi connectivity index (χ4n) is 1.94. The maximum Gasteiger partial charge on any atom is 0.249 e. The largest absolute Gasteiger partial charge is 0.444 e. The number of hydrogen-bond donors (Lipinski definition) is 1. The molecular weight excluding hydrogens is 280 g/mol. The van der Waals surface area contributed by atoms with Gasteiger partial charge in [0.2, 0.25) is 5.91 Å². The number of benzene rings is 1. The van der Waals surface area contributed by atoms with Crippen molar-refractivity contribution in [1.82, 2.24) is 10.3 Å². The zero-order chi connectivity index (χ0) is 15.9. The van der Waals surface area contributed by atoms with Crippen LogP contribution in [0.3, 0.4) is 0 Å². The molecule has 5 nitrogen and oxygen atoms in total. The molecule has 2 aromatic rings. The number of hydrogen-bond acceptors (Lipinski definition) is 4. The Morgan fingerprint density at radius 2 is 2.18 bits per heavy atom. The van der Waals surface area contributed by atoms with Gasteiger partial charge in [-0.05, 0) is 24.5 Å². The highest BCUT2D eigenvalue weighted by atomic mass is 16.5. The van der Waals surface area contributed by atoms with Gasteiger partial charge in [-0.2, -0.15) is 0 Å². The number of aromatic nitrogens is 1. The average molecular weight is 302 g/mol. The van der Waals surface area contributed by atoms with E-state index in [4.69, 9.17) is 9.15 Å². The van der Waals surface area contributed by atoms with Crippen LogP contribution in [0.5, 0.6) is 0 Å². The van der Waals surface area contributed by atoms with E-state index in [0.29, 0.717) is 24.8 Å². The minimum absolute atomic E-state index is 0.106. The highest BCUT2D eigenvalue weighted by Gasteiger charge is 2.13. The van der Waals surface area contributed by atoms with Gasteiger partial charge < -0.3 is 14.5 Å². The van der Waals surface area contributed by atoms with Crippen molar-refractivity contribution in [1.29, 1.82) is 0 Å². The van der Waals surface area contributed by atoms with Gasteiger partial charge in [-0.15, -0.1) is 0 Å². The molecule has 0 saturated carbocycles. The van der Waals surface area contributed by atoms with E-state index in [1.54, 1.807) is 13.1 Å². The summed E-state index contributed by atoms with van der Waals surface area (Å²) in [7, 11) is 0. The zero-order valence-corrected chi connectivity index (χ0v) is 13.2. The van der Waals surface area contributed by atoms with Crippen LogP contribution in [0.15, 0.2) is 41.3 Å². The van der Waals surface area contributed by atoms with Gasteiger partial charge >= 0.3 is 0 Å². The molecule has 1 amide bonds. The zero-order valence-electron chi connectivity index (χ0n) is 13.2. The first-order chi connectivity index (χ1) is 10.6. The van der Waals surface area contributed by atoms with E-state index in [1.165, 1.54) is 6.39 Å². The molecule has 118 valence electrons. The predicted octanol–water partition coefficient (Wildman–Crippen LogP) is 3.02. The Bertz CT molecular complexity index is 594. The van der Waals surface area contributed by atoms with Crippen molar-refractivity contribution in [2.24, 2.45) is 5.92 Å². The molecule has 0 aliphatic heterocycles. The lowest BCUT2D eigenvalue weighted by Crippen LogP contribution is -2.34. The smallest absolute Gasteiger partial charge is 0.249 e. The van der Waals surface area contributed by atoms with E-state index in [9.17, 15) is 4.79 Å². The Balaban J connectivity index is 1.89. The summed E-state index contributed by atoms with van der Waals surface area (Å²) in [6.45, 7) is 6.91. The third kappa shape index (κ3) is 4.70. The summed E-state index contributed by atoms with van der Waals surface area (Å²) in [4.78, 5) is 15.9. The molecule has 1 N–H and O–H groups in total. The summed E-state index contributed by atoms with van der Waals surface area (Å²) >= 11 is 0. The summed E-state index contributed by atoms with van der Waals surface area (Å²) in [5, 5.41) is 2.88. The molecule has 1 heterocycles. The molecule has 0 aliphatic rings. The fraction of sp³-hybridized carbons (Fsp3) is 0.412. The molecule has 22 heavy (non-hydrogen) atoms. The number of nitrogens with zero attached hydrogens (tertiary/aromatic N) is 1. The molecular formula is C17H22N2O3. The molecule has 0 radical (unpaired) electrons. The fourth-order valence-corrected chi connectivity index (χ4v) is 1.94. The Labute approximate surface area is 130 Å². The topological polar surface area (TPSA) is 64.4 Å². The van der Waals surface area contributed by atoms with E-state index in [1.807, 2.05) is 24.3 Å². The van der Waals surface area contributed by atoms with Gasteiger partial charge in [0.15, 0.2) is 12.2 Å². The molecule has 0 spiro atoms. The second-order valence-electron chi connectivity index (χ2n) is 5.65. The van der Waals surface area contributed by atoms with E-state index >= 15 is 0 Å². The standard InChI is InChI=1S/C17H22N2O3/c1-12(2)10-21-13(3)17(20)19-8-14-5-4-6-15(7-14)16-9-18-11-22-16/h4-7,9,11-13H,8,10H2,1-3H3,(H,19,20). The second-order valence-corrected chi connectivity index (χ2v) is 5.65. The highest BCUT2D eigenvalue weighted by Crippen LogP contribution is 2.19. The number of amides is 1. The number of carbonyl (C=O) groups excluding carboxylic acids is 1. The third-order valence-electron chi connectivity index (χ3n) is 3.16. The predicted molar refractivity (Wildman–Crippen MR) is 84.0 cm³/mol. The molecule has 1 aromatic heterocycles. The van der Waals surface area contributed by atoms with Crippen molar-refractivity contribution in [2.45, 2.75) is 33.4 Å². The Morgan fingerprint density at radius 3 is 2.86 bits per heavy atom. The molecule has 5 heteroatoms. The molecule has 0 saturated heterocycles. The number of nitrogens with one attached hydrogen (secondary N) is 1. The van der Waals surface area contributed by atoms with Crippen LogP contribution in [0, 0.1) is 5.92 Å². The number of carbonyl (C=O) groups is 1. The van der Waals surface area contributed by atoms with Gasteiger partial charge in [0.1, 0.15) is 6.10 Å². The normalized spacial score (nSPS) is 12.4. The molecule has 2 rings (SSSR count). The van der Waals surface area contributed by atoms with Crippen LogP contribution in [0.1, 0.15) is 26.3 Å². The van der Waals surface area contributed by atoms with Gasteiger partial charge in [-0.1, -0.05) is 32.0 Å². The van der Waals surface area contributed by atoms with Crippen LogP contribution in [0.4, 0.5) is 0 Å². The van der Waals surface area contributed by atoms with Gasteiger partial charge in [-0.25, -0.2) is 4.98 Å². The van der Waals surface area contributed by atoms with Crippen molar-refractivity contribution in [2.75, 3.05) is 6.61 Å². The van der Waals surface area contributed by atoms with Crippen molar-refractivity contribution in [3.05, 3.63) is 42.4 Å². The molecule has 1 atom stereocenters. The summed E-state index contributed by atoms with van der Waals surface area (Å²) < 4.78 is 10.8. The summed E-state index contributed by atoms with van der Waals surface area (Å²) in [5.41, 5.74) is 1.94. The van der Waals surface area contributed by atoms with E-state index in [2.05, 4.69) is 24.1 Å². The van der Waals surface area contributed by atoms with Gasteiger partial charge in [-0.3, -0.25) is 4.79 Å². The van der Waals surface area contributed by atoms with E-state index in [-0.39, 0.29) is 5.91 Å². The number of rotatable bonds is 7. The van der Waals surface area contributed by atoms with E-state index < -0.39 is 6.10 Å². The first kappa shape index (κ1) is 16.2. The lowest BCUT2D eigenvalue weighted by Gasteiger charge is -2.15. The second kappa shape index (κ2) is 7.75. The minimum Gasteiger partial charge on any atom is -0.444 e. The maximum atomic E-state index is 12.0. The molecule has 0 aliphatic carbocycles. The van der Waals surface area contributed by atoms with Crippen molar-refractivity contribution in [3.8, 4) is 11.3 Å². The maximum absolute atomic E-state index is 12.0. The number of oxazole rings is 1. The van der Waals surface area contributed by atoms with Gasteiger partial charge in [0, 0.05) is 18.7 Å². The summed E-state index contributed by atoms with van der Waals surface area (Å²) in [5.74, 6) is 1.02. The van der Waals surface area contributed by atoms with Crippen LogP contribution in [-0.2, 0) is 16.1 Å². The van der Waals surface area contributed by atoms with Crippen LogP contribution in [0.25, 0.3) is 11.3 Å². The summed E-state index contributed by atoms with van der Waals surface area (Å²) in [6, 6.07) is 7.80. The molecule has 0 fully saturated rings. The van der Waals surface area contributed by atoms with Crippen molar-refractivity contribution >= 4 is 5.91 Å². The van der Waals surface area contributed by atoms with Gasteiger partial charge in [0.25, 0.3) is 0 Å². The Kier molecular flexibility index (Phi) is 5.72. The highest BCUT2D eigenvalue weighted by molar-refractivity contribution is 5.80. The van der Waals surface area contributed by atoms with Crippen molar-refractivity contribution < 1.29 is 13.9 Å². The van der Waals surface area contributed by atoms with Crippen LogP contribution in [0.2, 0.25) is 0 Å². The van der Waals surface area contributed by atoms with Gasteiger partial charge in [0.05, 0.1) is 6.20 Å². The quantitative estimate of drug-likeness (QED) is 0.854. The van der Waals surface area contributed by atoms with Crippen LogP contribution >= 0.6 is 0 Å². The molecule has 1 unspecified atom stereocenters. The van der Waals surface area contributed by atoms with Crippen LogP contribution < -0.4 is 5.32 Å². The summed E-state index contributed by atoms with van der Waals surface area (Å²) in [6.07, 6.45) is 2.62.